The van der Waals surface area contributed by atoms with Gasteiger partial charge in [0, 0.05) is 0 Å². The second kappa shape index (κ2) is 5.34. The van der Waals surface area contributed by atoms with Crippen LogP contribution in [0.2, 0.25) is 0 Å². The van der Waals surface area contributed by atoms with E-state index in [-0.39, 0.29) is 17.2 Å². The molecule has 114 valence electrons. The smallest absolute Gasteiger partial charge is 0.346 e. The maximum atomic E-state index is 12.8. The summed E-state index contributed by atoms with van der Waals surface area (Å²) in [5.41, 5.74) is 0.337. The molecular weight excluding hydrogens is 306 g/mol. The molecule has 0 radical (unpaired) electrons. The lowest BCUT2D eigenvalue weighted by Gasteiger charge is -2.33. The summed E-state index contributed by atoms with van der Waals surface area (Å²) in [6, 6.07) is 14.4. The largest absolute Gasteiger partial charge is 0.478 e. The summed E-state index contributed by atoms with van der Waals surface area (Å²) in [5.74, 6) is -0.969. The SMILES string of the molecule is O=C(O)[C@H]1CN(S(=O)(=O)c2ccccc2)c2ccccc2O1. The highest BCUT2D eigenvalue weighted by atomic mass is 32.2. The lowest BCUT2D eigenvalue weighted by molar-refractivity contribution is -0.144. The van der Waals surface area contributed by atoms with Gasteiger partial charge in [-0.3, -0.25) is 4.31 Å². The van der Waals surface area contributed by atoms with E-state index in [1.165, 1.54) is 12.1 Å². The molecule has 0 aliphatic carbocycles. The molecule has 1 N–H and O–H groups in total. The van der Waals surface area contributed by atoms with Crippen molar-refractivity contribution in [2.45, 2.75) is 11.0 Å². The monoisotopic (exact) mass is 319 g/mol. The minimum Gasteiger partial charge on any atom is -0.478 e. The van der Waals surface area contributed by atoms with E-state index in [9.17, 15) is 18.3 Å². The number of carboxylic acid groups (broad SMARTS) is 1. The number of sulfonamides is 1. The molecule has 2 aromatic carbocycles. The van der Waals surface area contributed by atoms with Gasteiger partial charge in [-0.05, 0) is 24.3 Å². The summed E-state index contributed by atoms with van der Waals surface area (Å²) in [7, 11) is -3.85. The van der Waals surface area contributed by atoms with Crippen molar-refractivity contribution >= 4 is 21.7 Å². The van der Waals surface area contributed by atoms with Gasteiger partial charge in [0.15, 0.2) is 0 Å². The number of rotatable bonds is 3. The van der Waals surface area contributed by atoms with Crippen LogP contribution in [0.4, 0.5) is 5.69 Å². The van der Waals surface area contributed by atoms with Crippen LogP contribution in [0.15, 0.2) is 59.5 Å². The number of carbonyl (C=O) groups is 1. The molecule has 1 heterocycles. The van der Waals surface area contributed by atoms with Crippen LogP contribution in [0.25, 0.3) is 0 Å². The zero-order valence-corrected chi connectivity index (χ0v) is 12.2. The highest BCUT2D eigenvalue weighted by Gasteiger charge is 2.37. The number of aliphatic carboxylic acids is 1. The van der Waals surface area contributed by atoms with Gasteiger partial charge in [-0.2, -0.15) is 0 Å². The minimum absolute atomic E-state index is 0.107. The lowest BCUT2D eigenvalue weighted by atomic mass is 10.2. The standard InChI is InChI=1S/C15H13NO5S/c17-15(18)14-10-16(12-8-4-5-9-13(12)21-14)22(19,20)11-6-2-1-3-7-11/h1-9,14H,10H2,(H,17,18)/t14-/m1/s1. The highest BCUT2D eigenvalue weighted by molar-refractivity contribution is 7.92. The summed E-state index contributed by atoms with van der Waals surface area (Å²) < 4.78 is 32.0. The second-order valence-corrected chi connectivity index (χ2v) is 6.62. The van der Waals surface area contributed by atoms with Gasteiger partial charge in [0.05, 0.1) is 17.1 Å². The van der Waals surface area contributed by atoms with Crippen LogP contribution in [-0.4, -0.2) is 32.1 Å². The Balaban J connectivity index is 2.11. The van der Waals surface area contributed by atoms with Gasteiger partial charge < -0.3 is 9.84 Å². The molecule has 7 heteroatoms. The molecule has 3 rings (SSSR count). The van der Waals surface area contributed by atoms with Crippen LogP contribution in [0.3, 0.4) is 0 Å². The Morgan fingerprint density at radius 3 is 2.41 bits per heavy atom. The number of hydrogen-bond acceptors (Lipinski definition) is 4. The van der Waals surface area contributed by atoms with Crippen molar-refractivity contribution in [3.8, 4) is 5.75 Å². The molecule has 0 unspecified atom stereocenters. The number of carboxylic acids is 1. The number of fused-ring (bicyclic) bond motifs is 1. The first kappa shape index (κ1) is 14.4. The summed E-state index contributed by atoms with van der Waals surface area (Å²) in [5, 5.41) is 9.17. The molecule has 22 heavy (non-hydrogen) atoms. The fourth-order valence-corrected chi connectivity index (χ4v) is 3.78. The van der Waals surface area contributed by atoms with Crippen molar-refractivity contribution in [2.75, 3.05) is 10.8 Å². The Labute approximate surface area is 127 Å². The van der Waals surface area contributed by atoms with E-state index in [2.05, 4.69) is 0 Å². The molecule has 1 aliphatic rings. The fraction of sp³-hybridized carbons (Fsp3) is 0.133. The summed E-state index contributed by atoms with van der Waals surface area (Å²) in [4.78, 5) is 11.3. The molecule has 0 amide bonds. The molecule has 1 aliphatic heterocycles. The maximum absolute atomic E-state index is 12.8. The van der Waals surface area contributed by atoms with Crippen molar-refractivity contribution in [2.24, 2.45) is 0 Å². The van der Waals surface area contributed by atoms with Gasteiger partial charge in [0.2, 0.25) is 6.10 Å². The Hall–Kier alpha value is -2.54. The molecule has 6 nitrogen and oxygen atoms in total. The second-order valence-electron chi connectivity index (χ2n) is 4.76. The van der Waals surface area contributed by atoms with Crippen LogP contribution in [-0.2, 0) is 14.8 Å². The molecule has 0 bridgehead atoms. The van der Waals surface area contributed by atoms with Gasteiger partial charge in [-0.1, -0.05) is 30.3 Å². The van der Waals surface area contributed by atoms with Crippen LogP contribution in [0.5, 0.6) is 5.75 Å². The molecule has 0 saturated heterocycles. The third kappa shape index (κ3) is 2.39. The number of ether oxygens (including phenoxy) is 1. The summed E-state index contributed by atoms with van der Waals surface area (Å²) in [6.45, 7) is -0.274. The fourth-order valence-electron chi connectivity index (χ4n) is 2.28. The third-order valence-electron chi connectivity index (χ3n) is 3.34. The first-order chi connectivity index (χ1) is 10.5. The van der Waals surface area contributed by atoms with E-state index in [4.69, 9.17) is 4.74 Å². The number of para-hydroxylation sites is 2. The molecule has 0 aromatic heterocycles. The number of anilines is 1. The van der Waals surface area contributed by atoms with E-state index in [0.29, 0.717) is 5.69 Å². The van der Waals surface area contributed by atoms with E-state index < -0.39 is 22.1 Å². The highest BCUT2D eigenvalue weighted by Crippen LogP contribution is 2.36. The van der Waals surface area contributed by atoms with Crippen molar-refractivity contribution < 1.29 is 23.1 Å². The Bertz CT molecular complexity index is 804. The van der Waals surface area contributed by atoms with Crippen LogP contribution >= 0.6 is 0 Å². The molecule has 0 fully saturated rings. The predicted molar refractivity (Wildman–Crippen MR) is 79.5 cm³/mol. The predicted octanol–water partition coefficient (Wildman–Crippen LogP) is 1.73. The van der Waals surface area contributed by atoms with Crippen LogP contribution in [0.1, 0.15) is 0 Å². The first-order valence-corrected chi connectivity index (χ1v) is 8.00. The number of hydrogen-bond donors (Lipinski definition) is 1. The molecule has 0 saturated carbocycles. The van der Waals surface area contributed by atoms with Crippen molar-refractivity contribution in [3.05, 3.63) is 54.6 Å². The maximum Gasteiger partial charge on any atom is 0.346 e. The topological polar surface area (TPSA) is 83.9 Å². The van der Waals surface area contributed by atoms with E-state index in [1.807, 2.05) is 0 Å². The zero-order valence-electron chi connectivity index (χ0n) is 11.4. The Morgan fingerprint density at radius 1 is 1.09 bits per heavy atom. The quantitative estimate of drug-likeness (QED) is 0.931. The van der Waals surface area contributed by atoms with Crippen LogP contribution in [0, 0.1) is 0 Å². The normalized spacial score (nSPS) is 17.5. The van der Waals surface area contributed by atoms with Gasteiger partial charge in [-0.25, -0.2) is 13.2 Å². The summed E-state index contributed by atoms with van der Waals surface area (Å²) >= 11 is 0. The van der Waals surface area contributed by atoms with E-state index >= 15 is 0 Å². The first-order valence-electron chi connectivity index (χ1n) is 6.56. The zero-order chi connectivity index (χ0) is 15.7. The van der Waals surface area contributed by atoms with Crippen molar-refractivity contribution in [3.63, 3.8) is 0 Å². The third-order valence-corrected chi connectivity index (χ3v) is 5.14. The Kier molecular flexibility index (Phi) is 3.50. The molecule has 0 spiro atoms. The van der Waals surface area contributed by atoms with E-state index in [1.54, 1.807) is 42.5 Å². The minimum atomic E-state index is -3.85. The van der Waals surface area contributed by atoms with Crippen LogP contribution < -0.4 is 9.04 Å². The van der Waals surface area contributed by atoms with E-state index in [0.717, 1.165) is 4.31 Å². The molecule has 2 aromatic rings. The van der Waals surface area contributed by atoms with Gasteiger partial charge in [-0.15, -0.1) is 0 Å². The van der Waals surface area contributed by atoms with Gasteiger partial charge in [0.1, 0.15) is 5.75 Å². The lowest BCUT2D eigenvalue weighted by Crippen LogP contribution is -2.47. The van der Waals surface area contributed by atoms with Crippen molar-refractivity contribution in [1.82, 2.24) is 0 Å². The average molecular weight is 319 g/mol. The van der Waals surface area contributed by atoms with Gasteiger partial charge >= 0.3 is 5.97 Å². The average Bonchev–Trinajstić information content (AvgIpc) is 2.54. The van der Waals surface area contributed by atoms with Crippen molar-refractivity contribution in [1.29, 1.82) is 0 Å². The molecule has 1 atom stereocenters. The number of benzene rings is 2. The van der Waals surface area contributed by atoms with Gasteiger partial charge in [0.25, 0.3) is 10.0 Å². The molecular formula is C15H13NO5S. The Morgan fingerprint density at radius 2 is 1.73 bits per heavy atom. The number of nitrogens with zero attached hydrogens (tertiary/aromatic N) is 1. The summed E-state index contributed by atoms with van der Waals surface area (Å²) in [6.07, 6.45) is -1.24.